The van der Waals surface area contributed by atoms with Crippen LogP contribution in [0.1, 0.15) is 98.3 Å². The Morgan fingerprint density at radius 3 is 1.50 bits per heavy atom. The smallest absolute Gasteiger partial charge is 0.407 e. The number of nitrogens with zero attached hydrogens (tertiary/aromatic N) is 4. The first kappa shape index (κ1) is 38.4. The van der Waals surface area contributed by atoms with Crippen LogP contribution >= 0.6 is 22.7 Å². The van der Waals surface area contributed by atoms with Gasteiger partial charge < -0.3 is 39.9 Å². The molecule has 0 aliphatic carbocycles. The maximum absolute atomic E-state index is 13.4. The zero-order valence-electron chi connectivity index (χ0n) is 31.1. The molecule has 0 saturated carbocycles. The number of carbonyl (C=O) groups excluding carboxylic acids is 4. The number of methoxy groups -OCH3 is 2. The van der Waals surface area contributed by atoms with E-state index in [-0.39, 0.29) is 35.7 Å². The van der Waals surface area contributed by atoms with Gasteiger partial charge >= 0.3 is 12.2 Å². The number of hydrogen-bond donors (Lipinski definition) is 4. The highest BCUT2D eigenvalue weighted by Gasteiger charge is 2.39. The molecule has 0 aromatic carbocycles. The Balaban J connectivity index is 1.09. The van der Waals surface area contributed by atoms with E-state index in [2.05, 4.69) is 44.3 Å². The number of H-pyrrole nitrogens is 2. The third-order valence-electron chi connectivity index (χ3n) is 9.52. The van der Waals surface area contributed by atoms with Gasteiger partial charge in [-0.1, -0.05) is 27.7 Å². The Labute approximate surface area is 321 Å². The van der Waals surface area contributed by atoms with E-state index in [1.807, 2.05) is 39.8 Å². The zero-order valence-corrected chi connectivity index (χ0v) is 32.7. The first-order valence-corrected chi connectivity index (χ1v) is 19.6. The van der Waals surface area contributed by atoms with Crippen LogP contribution in [0.5, 0.6) is 0 Å². The minimum absolute atomic E-state index is 0.111. The predicted octanol–water partition coefficient (Wildman–Crippen LogP) is 5.30. The van der Waals surface area contributed by atoms with Crippen molar-refractivity contribution in [3.63, 3.8) is 0 Å². The van der Waals surface area contributed by atoms with E-state index in [1.165, 1.54) is 14.2 Å². The van der Waals surface area contributed by atoms with Crippen molar-refractivity contribution in [1.82, 2.24) is 40.4 Å². The van der Waals surface area contributed by atoms with E-state index in [0.717, 1.165) is 44.8 Å². The van der Waals surface area contributed by atoms with Gasteiger partial charge in [-0.15, -0.1) is 22.7 Å². The number of likely N-dealkylation sites (tertiary alicyclic amines) is 2. The molecule has 0 spiro atoms. The summed E-state index contributed by atoms with van der Waals surface area (Å²) in [5.41, 5.74) is 1.17. The molecule has 0 bridgehead atoms. The number of rotatable bonds is 8. The Bertz CT molecular complexity index is 1970. The number of carbonyl (C=O) groups is 4. The lowest BCUT2D eigenvalue weighted by Gasteiger charge is -2.29. The molecule has 54 heavy (non-hydrogen) atoms. The van der Waals surface area contributed by atoms with Crippen molar-refractivity contribution in [2.75, 3.05) is 27.3 Å². The molecule has 2 aliphatic rings. The monoisotopic (exact) mass is 772 g/mol. The van der Waals surface area contributed by atoms with Crippen molar-refractivity contribution >= 4 is 56.1 Å². The first-order valence-electron chi connectivity index (χ1n) is 17.9. The predicted molar refractivity (Wildman–Crippen MR) is 205 cm³/mol. The van der Waals surface area contributed by atoms with Crippen molar-refractivity contribution in [2.24, 2.45) is 11.8 Å². The summed E-state index contributed by atoms with van der Waals surface area (Å²) in [5, 5.41) is 5.35. The van der Waals surface area contributed by atoms with Crippen LogP contribution in [-0.2, 0) is 19.1 Å². The number of alkyl carbamates (subject to hydrolysis) is 2. The Kier molecular flexibility index (Phi) is 11.9. The number of ether oxygens (including phenoxy) is 2. The molecule has 2 aliphatic heterocycles. The van der Waals surface area contributed by atoms with Gasteiger partial charge in [0.1, 0.15) is 35.1 Å². The Hall–Kier alpha value is -5.32. The van der Waals surface area contributed by atoms with E-state index in [9.17, 15) is 19.2 Å². The number of hydrogen-bond acceptors (Lipinski definition) is 10. The Morgan fingerprint density at radius 2 is 1.13 bits per heavy atom. The van der Waals surface area contributed by atoms with Gasteiger partial charge in [-0.2, -0.15) is 0 Å². The number of aromatic amines is 2. The lowest BCUT2D eigenvalue weighted by Crippen LogP contribution is -2.51. The molecule has 14 nitrogen and oxygen atoms in total. The van der Waals surface area contributed by atoms with E-state index in [1.54, 1.807) is 44.9 Å². The van der Waals surface area contributed by atoms with E-state index >= 15 is 0 Å². The molecule has 2 saturated heterocycles. The van der Waals surface area contributed by atoms with Gasteiger partial charge in [-0.05, 0) is 73.3 Å². The largest absolute Gasteiger partial charge is 0.453 e. The van der Waals surface area contributed by atoms with Crippen molar-refractivity contribution in [3.8, 4) is 23.7 Å². The molecule has 284 valence electrons. The van der Waals surface area contributed by atoms with E-state index < -0.39 is 24.3 Å². The average molecular weight is 773 g/mol. The van der Waals surface area contributed by atoms with Gasteiger partial charge in [0.25, 0.3) is 0 Å². The van der Waals surface area contributed by atoms with E-state index in [0.29, 0.717) is 36.1 Å². The lowest BCUT2D eigenvalue weighted by molar-refractivity contribution is -0.136. The van der Waals surface area contributed by atoms with Gasteiger partial charge in [0.15, 0.2) is 0 Å². The number of nitrogens with one attached hydrogen (secondary N) is 4. The highest BCUT2D eigenvalue weighted by Crippen LogP contribution is 2.34. The standard InChI is InChI=1S/C38H44N8O6S2/c1-21(2)31(43-37(49)51-5)35(47)45-15-7-9-27(45)33-39-19-23(41-33)11-13-25-17-29-30(53-25)18-26(54-29)14-12-24-20-40-34(42-24)28-10-8-16-46(28)36(48)32(22(3)4)44-38(50)52-6/h17-22,27-28,31-32H,7-10,15-16H2,1-6H3,(H,39,41)(H,40,42)(H,43,49)(H,44,50)/t27-,28-,31-,32-/m0/s1. The van der Waals surface area contributed by atoms with Crippen molar-refractivity contribution < 1.29 is 28.7 Å². The maximum Gasteiger partial charge on any atom is 0.407 e. The summed E-state index contributed by atoms with van der Waals surface area (Å²) in [6.07, 6.45) is 5.44. The van der Waals surface area contributed by atoms with Gasteiger partial charge in [-0.25, -0.2) is 19.6 Å². The minimum atomic E-state index is -0.695. The molecule has 4 aromatic rings. The molecule has 4 N–H and O–H groups in total. The van der Waals surface area contributed by atoms with Crippen LogP contribution in [0, 0.1) is 35.5 Å². The summed E-state index contributed by atoms with van der Waals surface area (Å²) >= 11 is 3.16. The number of fused-ring (bicyclic) bond motifs is 1. The molecule has 2 fully saturated rings. The second-order valence-corrected chi connectivity index (χ2v) is 16.1. The highest BCUT2D eigenvalue weighted by atomic mass is 32.1. The fourth-order valence-corrected chi connectivity index (χ4v) is 8.84. The van der Waals surface area contributed by atoms with Gasteiger partial charge in [-0.3, -0.25) is 9.59 Å². The lowest BCUT2D eigenvalue weighted by atomic mass is 10.0. The molecular weight excluding hydrogens is 729 g/mol. The van der Waals surface area contributed by atoms with Crippen LogP contribution in [0.4, 0.5) is 9.59 Å². The summed E-state index contributed by atoms with van der Waals surface area (Å²) in [5.74, 6) is 13.6. The van der Waals surface area contributed by atoms with Crippen LogP contribution in [-0.4, -0.2) is 93.1 Å². The second kappa shape index (κ2) is 16.8. The molecule has 6 heterocycles. The quantitative estimate of drug-likeness (QED) is 0.175. The maximum atomic E-state index is 13.4. The molecular formula is C38H44N8O6S2. The minimum Gasteiger partial charge on any atom is -0.453 e. The summed E-state index contributed by atoms with van der Waals surface area (Å²) in [4.78, 5) is 71.8. The zero-order chi connectivity index (χ0) is 38.5. The van der Waals surface area contributed by atoms with Gasteiger partial charge in [0, 0.05) is 34.9 Å². The molecule has 16 heteroatoms. The fraction of sp³-hybridized carbons (Fsp3) is 0.474. The normalized spacial score (nSPS) is 17.9. The third kappa shape index (κ3) is 8.56. The SMILES string of the molecule is COC(=O)N[C@H](C(=O)N1CCC[C@H]1c1nc(C#Cc2cc3sc(C#Cc4c[nH]c([C@@H]5CCCN5C(=O)[C@@H](NC(=O)OC)C(C)C)n4)cc3s2)c[nH]1)C(C)C. The number of amides is 4. The molecule has 4 amide bonds. The summed E-state index contributed by atoms with van der Waals surface area (Å²) < 4.78 is 11.6. The fourth-order valence-electron chi connectivity index (χ4n) is 6.74. The molecule has 4 aromatic heterocycles. The summed E-state index contributed by atoms with van der Waals surface area (Å²) in [7, 11) is 2.56. The first-order chi connectivity index (χ1) is 25.9. The van der Waals surface area contributed by atoms with E-state index in [4.69, 9.17) is 19.4 Å². The molecule has 6 rings (SSSR count). The second-order valence-electron chi connectivity index (χ2n) is 13.9. The molecule has 0 radical (unpaired) electrons. The van der Waals surface area contributed by atoms with Crippen LogP contribution < -0.4 is 10.6 Å². The van der Waals surface area contributed by atoms with Crippen LogP contribution in [0.3, 0.4) is 0 Å². The molecule has 4 atom stereocenters. The van der Waals surface area contributed by atoms with Crippen LogP contribution in [0.15, 0.2) is 24.5 Å². The van der Waals surface area contributed by atoms with Crippen molar-refractivity contribution in [1.29, 1.82) is 0 Å². The summed E-state index contributed by atoms with van der Waals surface area (Å²) in [6.45, 7) is 8.71. The van der Waals surface area contributed by atoms with Gasteiger partial charge in [0.2, 0.25) is 11.8 Å². The topological polar surface area (TPSA) is 175 Å². The molecule has 0 unspecified atom stereocenters. The van der Waals surface area contributed by atoms with Crippen molar-refractivity contribution in [3.05, 3.63) is 57.3 Å². The average Bonchev–Trinajstić information content (AvgIpc) is 3.99. The van der Waals surface area contributed by atoms with Crippen molar-refractivity contribution in [2.45, 2.75) is 77.5 Å². The number of imidazole rings is 2. The summed E-state index contributed by atoms with van der Waals surface area (Å²) in [6, 6.07) is 2.25. The number of aromatic nitrogens is 4. The number of thiophene rings is 2. The third-order valence-corrected chi connectivity index (χ3v) is 11.6. The van der Waals surface area contributed by atoms with Crippen LogP contribution in [0.25, 0.3) is 9.40 Å². The van der Waals surface area contributed by atoms with Crippen LogP contribution in [0.2, 0.25) is 0 Å². The van der Waals surface area contributed by atoms with Gasteiger partial charge in [0.05, 0.1) is 36.1 Å². The highest BCUT2D eigenvalue weighted by molar-refractivity contribution is 7.28. The Morgan fingerprint density at radius 1 is 0.722 bits per heavy atom.